The predicted octanol–water partition coefficient (Wildman–Crippen LogP) is 5.95. The van der Waals surface area contributed by atoms with Crippen LogP contribution < -0.4 is 5.32 Å². The molecule has 32 heavy (non-hydrogen) atoms. The summed E-state index contributed by atoms with van der Waals surface area (Å²) in [6, 6.07) is 20.3. The van der Waals surface area contributed by atoms with Crippen LogP contribution in [0.25, 0.3) is 0 Å². The maximum atomic E-state index is 13.3. The zero-order valence-electron chi connectivity index (χ0n) is 17.8. The first kappa shape index (κ1) is 24.3. The van der Waals surface area contributed by atoms with Crippen molar-refractivity contribution >= 4 is 44.8 Å². The number of carbonyl (C=O) groups is 1. The summed E-state index contributed by atoms with van der Waals surface area (Å²) in [5.74, 6) is -0.0812. The van der Waals surface area contributed by atoms with Gasteiger partial charge in [-0.05, 0) is 59.5 Å². The van der Waals surface area contributed by atoms with Crippen molar-refractivity contribution in [3.63, 3.8) is 0 Å². The summed E-state index contributed by atoms with van der Waals surface area (Å²) in [7, 11) is -3.98. The van der Waals surface area contributed by atoms with Crippen molar-refractivity contribution in [2.45, 2.75) is 31.2 Å². The fourth-order valence-corrected chi connectivity index (χ4v) is 4.81. The van der Waals surface area contributed by atoms with Gasteiger partial charge in [0.15, 0.2) is 0 Å². The van der Waals surface area contributed by atoms with Gasteiger partial charge in [0.2, 0.25) is 15.9 Å². The largest absolute Gasteiger partial charge is 0.325 e. The number of hydrogen-bond acceptors (Lipinski definition) is 3. The molecule has 8 heteroatoms. The van der Waals surface area contributed by atoms with Gasteiger partial charge in [-0.1, -0.05) is 67.4 Å². The van der Waals surface area contributed by atoms with E-state index in [4.69, 9.17) is 23.2 Å². The van der Waals surface area contributed by atoms with Gasteiger partial charge in [0.25, 0.3) is 0 Å². The first-order valence-corrected chi connectivity index (χ1v) is 12.3. The standard InChI is InChI=1S/C24H24Cl2N2O3S/c1-17(2)18-7-11-21(12-8-18)27-24(29)16-28(15-19-5-3-4-6-23(19)26)32(30,31)22-13-9-20(25)10-14-22/h3-14,17H,15-16H2,1-2H3,(H,27,29). The van der Waals surface area contributed by atoms with Crippen molar-refractivity contribution in [1.82, 2.24) is 4.31 Å². The summed E-state index contributed by atoms with van der Waals surface area (Å²) in [6.45, 7) is 3.75. The Morgan fingerprint density at radius 3 is 2.16 bits per heavy atom. The van der Waals surface area contributed by atoms with Crippen LogP contribution in [0, 0.1) is 0 Å². The number of nitrogens with one attached hydrogen (secondary N) is 1. The fourth-order valence-electron chi connectivity index (χ4n) is 3.11. The number of benzene rings is 3. The van der Waals surface area contributed by atoms with Crippen molar-refractivity contribution in [2.75, 3.05) is 11.9 Å². The molecule has 0 aromatic heterocycles. The maximum absolute atomic E-state index is 13.3. The second-order valence-electron chi connectivity index (χ2n) is 7.64. The summed E-state index contributed by atoms with van der Waals surface area (Å²) in [5, 5.41) is 3.62. The predicted molar refractivity (Wildman–Crippen MR) is 130 cm³/mol. The molecule has 0 aliphatic rings. The van der Waals surface area contributed by atoms with Crippen LogP contribution in [0.2, 0.25) is 10.0 Å². The topological polar surface area (TPSA) is 66.5 Å². The number of rotatable bonds is 8. The Morgan fingerprint density at radius 2 is 1.56 bits per heavy atom. The molecule has 0 bridgehead atoms. The van der Waals surface area contributed by atoms with Crippen LogP contribution in [0.1, 0.15) is 30.9 Å². The Morgan fingerprint density at radius 1 is 0.938 bits per heavy atom. The molecule has 168 valence electrons. The monoisotopic (exact) mass is 490 g/mol. The molecule has 0 spiro atoms. The smallest absolute Gasteiger partial charge is 0.243 e. The molecule has 3 aromatic rings. The van der Waals surface area contributed by atoms with E-state index < -0.39 is 15.9 Å². The average molecular weight is 491 g/mol. The molecule has 0 saturated heterocycles. The minimum atomic E-state index is -3.98. The first-order valence-electron chi connectivity index (χ1n) is 10.1. The Hall–Kier alpha value is -2.38. The highest BCUT2D eigenvalue weighted by molar-refractivity contribution is 7.89. The van der Waals surface area contributed by atoms with Gasteiger partial charge >= 0.3 is 0 Å². The third-order valence-corrected chi connectivity index (χ3v) is 7.36. The summed E-state index contributed by atoms with van der Waals surface area (Å²) in [5.41, 5.74) is 2.34. The lowest BCUT2D eigenvalue weighted by Gasteiger charge is -2.22. The molecule has 5 nitrogen and oxygen atoms in total. The third kappa shape index (κ3) is 6.11. The highest BCUT2D eigenvalue weighted by atomic mass is 35.5. The van der Waals surface area contributed by atoms with E-state index in [0.29, 0.717) is 27.2 Å². The van der Waals surface area contributed by atoms with Crippen LogP contribution in [0.4, 0.5) is 5.69 Å². The van der Waals surface area contributed by atoms with Gasteiger partial charge in [0, 0.05) is 22.3 Å². The molecule has 0 unspecified atom stereocenters. The molecule has 1 N–H and O–H groups in total. The molecule has 0 saturated carbocycles. The number of halogens is 2. The highest BCUT2D eigenvalue weighted by Gasteiger charge is 2.27. The minimum absolute atomic E-state index is 0.0445. The van der Waals surface area contributed by atoms with Crippen molar-refractivity contribution in [1.29, 1.82) is 0 Å². The van der Waals surface area contributed by atoms with Crippen molar-refractivity contribution in [2.24, 2.45) is 0 Å². The van der Waals surface area contributed by atoms with Crippen LogP contribution in [0.3, 0.4) is 0 Å². The normalized spacial score (nSPS) is 11.7. The molecule has 3 aromatic carbocycles. The fraction of sp³-hybridized carbons (Fsp3) is 0.208. The Balaban J connectivity index is 1.85. The van der Waals surface area contributed by atoms with Gasteiger partial charge < -0.3 is 5.32 Å². The van der Waals surface area contributed by atoms with Gasteiger partial charge in [0.1, 0.15) is 0 Å². The van der Waals surface area contributed by atoms with E-state index in [1.807, 2.05) is 12.1 Å². The molecule has 0 aliphatic carbocycles. The quantitative estimate of drug-likeness (QED) is 0.424. The summed E-state index contributed by atoms with van der Waals surface area (Å²) >= 11 is 12.2. The molecule has 0 atom stereocenters. The van der Waals surface area contributed by atoms with Gasteiger partial charge in [-0.2, -0.15) is 4.31 Å². The number of hydrogen-bond donors (Lipinski definition) is 1. The van der Waals surface area contributed by atoms with Gasteiger partial charge in [-0.25, -0.2) is 8.42 Å². The number of sulfonamides is 1. The van der Waals surface area contributed by atoms with E-state index in [1.165, 1.54) is 24.3 Å². The van der Waals surface area contributed by atoms with Crippen LogP contribution in [-0.4, -0.2) is 25.2 Å². The average Bonchev–Trinajstić information content (AvgIpc) is 2.75. The highest BCUT2D eigenvalue weighted by Crippen LogP contribution is 2.24. The number of anilines is 1. The van der Waals surface area contributed by atoms with Crippen molar-refractivity contribution in [3.8, 4) is 0 Å². The second kappa shape index (κ2) is 10.5. The number of amides is 1. The minimum Gasteiger partial charge on any atom is -0.325 e. The van der Waals surface area contributed by atoms with Gasteiger partial charge in [-0.3, -0.25) is 4.79 Å². The van der Waals surface area contributed by atoms with E-state index in [2.05, 4.69) is 19.2 Å². The van der Waals surface area contributed by atoms with Gasteiger partial charge in [-0.15, -0.1) is 0 Å². The summed E-state index contributed by atoms with van der Waals surface area (Å²) < 4.78 is 27.8. The Labute approximate surface area is 199 Å². The zero-order valence-corrected chi connectivity index (χ0v) is 20.1. The summed E-state index contributed by atoms with van der Waals surface area (Å²) in [4.78, 5) is 12.8. The lowest BCUT2D eigenvalue weighted by Crippen LogP contribution is -2.37. The van der Waals surface area contributed by atoms with Crippen LogP contribution >= 0.6 is 23.2 Å². The van der Waals surface area contributed by atoms with Gasteiger partial charge in [0.05, 0.1) is 11.4 Å². The van der Waals surface area contributed by atoms with Crippen LogP contribution in [-0.2, 0) is 21.4 Å². The number of carbonyl (C=O) groups excluding carboxylic acids is 1. The summed E-state index contributed by atoms with van der Waals surface area (Å²) in [6.07, 6.45) is 0. The van der Waals surface area contributed by atoms with Crippen LogP contribution in [0.15, 0.2) is 77.7 Å². The molecule has 1 amide bonds. The van der Waals surface area contributed by atoms with Crippen molar-refractivity contribution in [3.05, 3.63) is 94.0 Å². The molecule has 0 fully saturated rings. The van der Waals surface area contributed by atoms with E-state index in [-0.39, 0.29) is 18.0 Å². The molecule has 0 heterocycles. The third-order valence-electron chi connectivity index (χ3n) is 4.94. The molecule has 0 radical (unpaired) electrons. The molecule has 0 aliphatic heterocycles. The van der Waals surface area contributed by atoms with Crippen LogP contribution in [0.5, 0.6) is 0 Å². The van der Waals surface area contributed by atoms with E-state index in [9.17, 15) is 13.2 Å². The Bertz CT molecular complexity index is 1180. The second-order valence-corrected chi connectivity index (χ2v) is 10.4. The molecular weight excluding hydrogens is 467 g/mol. The molecule has 3 rings (SSSR count). The Kier molecular flexibility index (Phi) is 7.96. The molecular formula is C24H24Cl2N2O3S. The van der Waals surface area contributed by atoms with Crippen molar-refractivity contribution < 1.29 is 13.2 Å². The van der Waals surface area contributed by atoms with E-state index >= 15 is 0 Å². The van der Waals surface area contributed by atoms with E-state index in [0.717, 1.165) is 9.87 Å². The zero-order chi connectivity index (χ0) is 23.3. The van der Waals surface area contributed by atoms with E-state index in [1.54, 1.807) is 36.4 Å². The SMILES string of the molecule is CC(C)c1ccc(NC(=O)CN(Cc2ccccc2Cl)S(=O)(=O)c2ccc(Cl)cc2)cc1. The lowest BCUT2D eigenvalue weighted by atomic mass is 10.0. The maximum Gasteiger partial charge on any atom is 0.243 e. The number of nitrogens with zero attached hydrogens (tertiary/aromatic N) is 1. The first-order chi connectivity index (χ1) is 15.2. The lowest BCUT2D eigenvalue weighted by molar-refractivity contribution is -0.116.